The lowest BCUT2D eigenvalue weighted by atomic mass is 10.1. The zero-order valence-corrected chi connectivity index (χ0v) is 17.5. The van der Waals surface area contributed by atoms with Crippen LogP contribution >= 0.6 is 34.5 Å². The van der Waals surface area contributed by atoms with Gasteiger partial charge in [-0.15, -0.1) is 0 Å². The van der Waals surface area contributed by atoms with E-state index >= 15 is 0 Å². The SMILES string of the molecule is CCOC(=O)c1sc(N(C(=O)c2ccc(Cl)c(Cl)c2)C2CCCC2)nc1C. The van der Waals surface area contributed by atoms with Gasteiger partial charge >= 0.3 is 5.97 Å². The second-order valence-corrected chi connectivity index (χ2v) is 8.17. The monoisotopic (exact) mass is 426 g/mol. The fourth-order valence-corrected chi connectivity index (χ4v) is 4.54. The van der Waals surface area contributed by atoms with Crippen LogP contribution in [0.15, 0.2) is 18.2 Å². The van der Waals surface area contributed by atoms with Crippen LogP contribution < -0.4 is 4.90 Å². The Morgan fingerprint density at radius 3 is 2.59 bits per heavy atom. The highest BCUT2D eigenvalue weighted by molar-refractivity contribution is 7.17. The Kier molecular flexibility index (Phi) is 6.40. The van der Waals surface area contributed by atoms with Crippen LogP contribution in [0.25, 0.3) is 0 Å². The van der Waals surface area contributed by atoms with E-state index in [0.717, 1.165) is 25.7 Å². The summed E-state index contributed by atoms with van der Waals surface area (Å²) in [5.74, 6) is -0.600. The lowest BCUT2D eigenvalue weighted by Gasteiger charge is -2.26. The topological polar surface area (TPSA) is 59.5 Å². The number of aromatic nitrogens is 1. The summed E-state index contributed by atoms with van der Waals surface area (Å²) >= 11 is 13.3. The van der Waals surface area contributed by atoms with E-state index in [-0.39, 0.29) is 11.9 Å². The molecule has 144 valence electrons. The molecule has 1 heterocycles. The van der Waals surface area contributed by atoms with Gasteiger partial charge in [0.2, 0.25) is 0 Å². The van der Waals surface area contributed by atoms with E-state index in [9.17, 15) is 9.59 Å². The van der Waals surface area contributed by atoms with Crippen molar-refractivity contribution in [2.24, 2.45) is 0 Å². The first-order valence-electron chi connectivity index (χ1n) is 8.85. The van der Waals surface area contributed by atoms with Gasteiger partial charge in [0.1, 0.15) is 4.88 Å². The molecular formula is C19H20Cl2N2O3S. The molecular weight excluding hydrogens is 407 g/mol. The highest BCUT2D eigenvalue weighted by atomic mass is 35.5. The number of rotatable bonds is 5. The molecule has 1 aliphatic carbocycles. The molecule has 1 amide bonds. The van der Waals surface area contributed by atoms with Gasteiger partial charge in [0.15, 0.2) is 5.13 Å². The summed E-state index contributed by atoms with van der Waals surface area (Å²) in [5, 5.41) is 1.24. The number of ether oxygens (including phenoxy) is 1. The number of hydrogen-bond donors (Lipinski definition) is 0. The van der Waals surface area contributed by atoms with Crippen LogP contribution in [-0.4, -0.2) is 29.5 Å². The first kappa shape index (κ1) is 20.1. The number of anilines is 1. The minimum Gasteiger partial charge on any atom is -0.462 e. The maximum Gasteiger partial charge on any atom is 0.350 e. The van der Waals surface area contributed by atoms with Gasteiger partial charge in [-0.2, -0.15) is 0 Å². The summed E-state index contributed by atoms with van der Waals surface area (Å²) in [6.45, 7) is 3.80. The first-order valence-corrected chi connectivity index (χ1v) is 10.4. The van der Waals surface area contributed by atoms with E-state index < -0.39 is 5.97 Å². The van der Waals surface area contributed by atoms with E-state index in [1.807, 2.05) is 0 Å². The van der Waals surface area contributed by atoms with E-state index in [1.165, 1.54) is 11.3 Å². The summed E-state index contributed by atoms with van der Waals surface area (Å²) in [5.41, 5.74) is 1.01. The van der Waals surface area contributed by atoms with Crippen molar-refractivity contribution < 1.29 is 14.3 Å². The van der Waals surface area contributed by atoms with Crippen LogP contribution in [-0.2, 0) is 4.74 Å². The van der Waals surface area contributed by atoms with Crippen molar-refractivity contribution in [3.8, 4) is 0 Å². The largest absolute Gasteiger partial charge is 0.462 e. The average Bonchev–Trinajstić information content (AvgIpc) is 3.28. The molecule has 0 spiro atoms. The van der Waals surface area contributed by atoms with E-state index in [4.69, 9.17) is 27.9 Å². The Hall–Kier alpha value is -1.63. The molecule has 0 saturated heterocycles. The Bertz CT molecular complexity index is 863. The summed E-state index contributed by atoms with van der Waals surface area (Å²) in [7, 11) is 0. The normalized spacial score (nSPS) is 14.4. The van der Waals surface area contributed by atoms with Crippen LogP contribution in [0.1, 0.15) is 58.3 Å². The Labute approximate surface area is 172 Å². The van der Waals surface area contributed by atoms with Gasteiger partial charge in [-0.25, -0.2) is 9.78 Å². The van der Waals surface area contributed by atoms with E-state index in [2.05, 4.69) is 4.98 Å². The second-order valence-electron chi connectivity index (χ2n) is 6.37. The standard InChI is InChI=1S/C19H20Cl2N2O3S/c1-3-26-18(25)16-11(2)22-19(27-16)23(13-6-4-5-7-13)17(24)12-8-9-14(20)15(21)10-12/h8-10,13H,3-7H2,1-2H3. The number of esters is 1. The molecule has 0 radical (unpaired) electrons. The summed E-state index contributed by atoms with van der Waals surface area (Å²) in [4.78, 5) is 32.1. The number of amides is 1. The molecule has 1 saturated carbocycles. The average molecular weight is 427 g/mol. The van der Waals surface area contributed by atoms with Crippen molar-refractivity contribution in [1.29, 1.82) is 0 Å². The van der Waals surface area contributed by atoms with Gasteiger partial charge in [-0.3, -0.25) is 9.69 Å². The zero-order chi connectivity index (χ0) is 19.6. The Morgan fingerprint density at radius 1 is 1.26 bits per heavy atom. The van der Waals surface area contributed by atoms with Crippen molar-refractivity contribution >= 4 is 51.5 Å². The highest BCUT2D eigenvalue weighted by Crippen LogP contribution is 2.35. The van der Waals surface area contributed by atoms with E-state index in [0.29, 0.717) is 37.9 Å². The number of hydrogen-bond acceptors (Lipinski definition) is 5. The van der Waals surface area contributed by atoms with Crippen molar-refractivity contribution in [3.05, 3.63) is 44.4 Å². The molecule has 1 aliphatic rings. The van der Waals surface area contributed by atoms with Gasteiger partial charge in [-0.1, -0.05) is 47.4 Å². The predicted octanol–water partition coefficient (Wildman–Crippen LogP) is 5.52. The Morgan fingerprint density at radius 2 is 1.96 bits per heavy atom. The van der Waals surface area contributed by atoms with Crippen molar-refractivity contribution in [2.45, 2.75) is 45.6 Å². The van der Waals surface area contributed by atoms with Crippen LogP contribution in [0.4, 0.5) is 5.13 Å². The molecule has 1 aromatic carbocycles. The molecule has 0 N–H and O–H groups in total. The smallest absolute Gasteiger partial charge is 0.350 e. The molecule has 3 rings (SSSR count). The highest BCUT2D eigenvalue weighted by Gasteiger charge is 2.32. The quantitative estimate of drug-likeness (QED) is 0.590. The minimum atomic E-state index is -0.410. The molecule has 1 aromatic heterocycles. The predicted molar refractivity (Wildman–Crippen MR) is 108 cm³/mol. The van der Waals surface area contributed by atoms with Crippen molar-refractivity contribution in [2.75, 3.05) is 11.5 Å². The molecule has 5 nitrogen and oxygen atoms in total. The van der Waals surface area contributed by atoms with Crippen LogP contribution in [0, 0.1) is 6.92 Å². The number of halogens is 2. The van der Waals surface area contributed by atoms with Crippen molar-refractivity contribution in [3.63, 3.8) is 0 Å². The van der Waals surface area contributed by atoms with Crippen molar-refractivity contribution in [1.82, 2.24) is 4.98 Å². The molecule has 0 unspecified atom stereocenters. The lowest BCUT2D eigenvalue weighted by molar-refractivity contribution is 0.0531. The lowest BCUT2D eigenvalue weighted by Crippen LogP contribution is -2.39. The Balaban J connectivity index is 1.99. The summed E-state index contributed by atoms with van der Waals surface area (Å²) < 4.78 is 5.10. The van der Waals surface area contributed by atoms with Gasteiger partial charge in [-0.05, 0) is 44.9 Å². The maximum absolute atomic E-state index is 13.3. The number of benzene rings is 1. The third-order valence-corrected chi connectivity index (χ3v) is 6.40. The van der Waals surface area contributed by atoms with Crippen LogP contribution in [0.2, 0.25) is 10.0 Å². The summed E-state index contributed by atoms with van der Waals surface area (Å²) in [6.07, 6.45) is 3.93. The molecule has 0 aliphatic heterocycles. The number of nitrogens with zero attached hydrogens (tertiary/aromatic N) is 2. The third kappa shape index (κ3) is 4.28. The third-order valence-electron chi connectivity index (χ3n) is 4.53. The molecule has 8 heteroatoms. The number of carbonyl (C=O) groups excluding carboxylic acids is 2. The van der Waals surface area contributed by atoms with Gasteiger partial charge in [0.05, 0.1) is 22.3 Å². The number of thiazole rings is 1. The molecule has 1 fully saturated rings. The second kappa shape index (κ2) is 8.59. The minimum absolute atomic E-state index is 0.0487. The summed E-state index contributed by atoms with van der Waals surface area (Å²) in [6, 6.07) is 4.89. The zero-order valence-electron chi connectivity index (χ0n) is 15.1. The van der Waals surface area contributed by atoms with Gasteiger partial charge < -0.3 is 4.74 Å². The molecule has 0 bridgehead atoms. The fraction of sp³-hybridized carbons (Fsp3) is 0.421. The first-order chi connectivity index (χ1) is 12.9. The van der Waals surface area contributed by atoms with Gasteiger partial charge in [0.25, 0.3) is 5.91 Å². The molecule has 2 aromatic rings. The fourth-order valence-electron chi connectivity index (χ4n) is 3.21. The maximum atomic E-state index is 13.3. The number of aryl methyl sites for hydroxylation is 1. The molecule has 0 atom stereocenters. The van der Waals surface area contributed by atoms with Crippen LogP contribution in [0.3, 0.4) is 0 Å². The van der Waals surface area contributed by atoms with E-state index in [1.54, 1.807) is 36.9 Å². The number of carbonyl (C=O) groups is 2. The van der Waals surface area contributed by atoms with Gasteiger partial charge in [0, 0.05) is 11.6 Å². The van der Waals surface area contributed by atoms with Crippen LogP contribution in [0.5, 0.6) is 0 Å². The molecule has 27 heavy (non-hydrogen) atoms.